The molecule has 1 N–H and O–H groups in total. The number of hydrogen-bond donors (Lipinski definition) is 1. The lowest BCUT2D eigenvalue weighted by Crippen LogP contribution is -2.10. The Kier molecular flexibility index (Phi) is 5.45. The minimum absolute atomic E-state index is 0.182. The summed E-state index contributed by atoms with van der Waals surface area (Å²) in [7, 11) is 5.59. The molecule has 5 heteroatoms. The highest BCUT2D eigenvalue weighted by molar-refractivity contribution is 6.05. The Labute approximate surface area is 165 Å². The Morgan fingerprint density at radius 1 is 1.18 bits per heavy atom. The molecule has 28 heavy (non-hydrogen) atoms. The largest absolute Gasteiger partial charge is 0.496 e. The van der Waals surface area contributed by atoms with Gasteiger partial charge in [0, 0.05) is 48.1 Å². The molecule has 5 nitrogen and oxygen atoms in total. The summed E-state index contributed by atoms with van der Waals surface area (Å²) >= 11 is 0. The Balaban J connectivity index is 1.90. The van der Waals surface area contributed by atoms with E-state index in [-0.39, 0.29) is 5.91 Å². The van der Waals surface area contributed by atoms with Gasteiger partial charge in [-0.25, -0.2) is 0 Å². The average molecular weight is 378 g/mol. The summed E-state index contributed by atoms with van der Waals surface area (Å²) in [6.45, 7) is 5.88. The van der Waals surface area contributed by atoms with E-state index < -0.39 is 0 Å². The number of furan rings is 1. The summed E-state index contributed by atoms with van der Waals surface area (Å²) < 4.78 is 11.3. The molecule has 0 aliphatic carbocycles. The fourth-order valence-electron chi connectivity index (χ4n) is 3.29. The van der Waals surface area contributed by atoms with Crippen molar-refractivity contribution in [2.75, 3.05) is 31.4 Å². The highest BCUT2D eigenvalue weighted by Crippen LogP contribution is 2.37. The molecule has 0 spiro atoms. The van der Waals surface area contributed by atoms with Crippen LogP contribution in [0.4, 0.5) is 11.4 Å². The number of hydrogen-bond acceptors (Lipinski definition) is 4. The maximum Gasteiger partial charge on any atom is 0.248 e. The second kappa shape index (κ2) is 7.80. The fourth-order valence-corrected chi connectivity index (χ4v) is 3.29. The van der Waals surface area contributed by atoms with Gasteiger partial charge in [-0.05, 0) is 62.2 Å². The van der Waals surface area contributed by atoms with Gasteiger partial charge in [-0.1, -0.05) is 0 Å². The van der Waals surface area contributed by atoms with Crippen LogP contribution in [0.2, 0.25) is 0 Å². The summed E-state index contributed by atoms with van der Waals surface area (Å²) in [5.74, 6) is 0.539. The standard InChI is InChI=1S/C23H26N2O3/c1-14(11-21(26)24-17-7-9-18(10-8-17)25(4)5)19-12-20-15(2)13-28-23(20)16(3)22(19)27-6/h7-13H,1-6H3,(H,24,26)/b14-11+. The molecule has 0 radical (unpaired) electrons. The molecule has 0 aliphatic rings. The van der Waals surface area contributed by atoms with Crippen LogP contribution in [0.3, 0.4) is 0 Å². The number of carbonyl (C=O) groups excluding carboxylic acids is 1. The van der Waals surface area contributed by atoms with E-state index in [1.54, 1.807) is 19.4 Å². The first-order valence-corrected chi connectivity index (χ1v) is 9.14. The molecule has 0 saturated heterocycles. The molecule has 2 aromatic carbocycles. The molecule has 1 amide bonds. The van der Waals surface area contributed by atoms with Crippen LogP contribution in [-0.2, 0) is 4.79 Å². The van der Waals surface area contributed by atoms with Crippen LogP contribution in [0, 0.1) is 13.8 Å². The Hall–Kier alpha value is -3.21. The molecule has 1 aromatic heterocycles. The van der Waals surface area contributed by atoms with Crippen molar-refractivity contribution in [3.63, 3.8) is 0 Å². The van der Waals surface area contributed by atoms with Crippen LogP contribution in [0.15, 0.2) is 47.1 Å². The molecule has 0 aliphatic heterocycles. The smallest absolute Gasteiger partial charge is 0.248 e. The number of rotatable bonds is 5. The second-order valence-corrected chi connectivity index (χ2v) is 7.14. The molecule has 146 valence electrons. The summed E-state index contributed by atoms with van der Waals surface area (Å²) in [5.41, 5.74) is 6.34. The first-order chi connectivity index (χ1) is 13.3. The quantitative estimate of drug-likeness (QED) is 0.623. The van der Waals surface area contributed by atoms with E-state index in [4.69, 9.17) is 9.15 Å². The lowest BCUT2D eigenvalue weighted by molar-refractivity contribution is -0.111. The molecular weight excluding hydrogens is 352 g/mol. The maximum absolute atomic E-state index is 12.5. The van der Waals surface area contributed by atoms with Gasteiger partial charge in [0.15, 0.2) is 0 Å². The minimum atomic E-state index is -0.182. The van der Waals surface area contributed by atoms with Crippen LogP contribution in [0.5, 0.6) is 5.75 Å². The maximum atomic E-state index is 12.5. The number of benzene rings is 2. The molecule has 3 aromatic rings. The number of fused-ring (bicyclic) bond motifs is 1. The third kappa shape index (κ3) is 3.74. The number of amides is 1. The van der Waals surface area contributed by atoms with Crippen molar-refractivity contribution >= 4 is 33.8 Å². The number of anilines is 2. The van der Waals surface area contributed by atoms with E-state index in [0.29, 0.717) is 0 Å². The minimum Gasteiger partial charge on any atom is -0.496 e. The van der Waals surface area contributed by atoms with Crippen LogP contribution in [0.25, 0.3) is 16.5 Å². The highest BCUT2D eigenvalue weighted by atomic mass is 16.5. The van der Waals surface area contributed by atoms with Crippen LogP contribution >= 0.6 is 0 Å². The molecule has 0 unspecified atom stereocenters. The topological polar surface area (TPSA) is 54.7 Å². The number of ether oxygens (including phenoxy) is 1. The zero-order valence-corrected chi connectivity index (χ0v) is 17.2. The van der Waals surface area contributed by atoms with Crippen molar-refractivity contribution in [3.8, 4) is 5.75 Å². The summed E-state index contributed by atoms with van der Waals surface area (Å²) in [4.78, 5) is 14.5. The molecule has 0 saturated carbocycles. The van der Waals surface area contributed by atoms with E-state index >= 15 is 0 Å². The van der Waals surface area contributed by atoms with Crippen molar-refractivity contribution in [3.05, 3.63) is 59.4 Å². The average Bonchev–Trinajstić information content (AvgIpc) is 3.03. The zero-order chi connectivity index (χ0) is 20.4. The second-order valence-electron chi connectivity index (χ2n) is 7.14. The highest BCUT2D eigenvalue weighted by Gasteiger charge is 2.16. The number of nitrogens with one attached hydrogen (secondary N) is 1. The SMILES string of the molecule is COc1c(/C(C)=C/C(=O)Nc2ccc(N(C)C)cc2)cc2c(C)coc2c1C. The molecule has 0 atom stereocenters. The van der Waals surface area contributed by atoms with E-state index in [9.17, 15) is 4.79 Å². The third-order valence-electron chi connectivity index (χ3n) is 4.87. The van der Waals surface area contributed by atoms with Gasteiger partial charge in [-0.2, -0.15) is 0 Å². The predicted octanol–water partition coefficient (Wildman–Crippen LogP) is 5.17. The van der Waals surface area contributed by atoms with Gasteiger partial charge in [0.2, 0.25) is 5.91 Å². The van der Waals surface area contributed by atoms with Crippen LogP contribution in [0.1, 0.15) is 23.6 Å². The fraction of sp³-hybridized carbons (Fsp3) is 0.261. The van der Waals surface area contributed by atoms with Gasteiger partial charge in [0.05, 0.1) is 13.4 Å². The Morgan fingerprint density at radius 2 is 1.86 bits per heavy atom. The number of aryl methyl sites for hydroxylation is 2. The number of carbonyl (C=O) groups is 1. The number of methoxy groups -OCH3 is 1. The van der Waals surface area contributed by atoms with Gasteiger partial charge in [0.25, 0.3) is 0 Å². The van der Waals surface area contributed by atoms with Gasteiger partial charge in [-0.3, -0.25) is 4.79 Å². The van der Waals surface area contributed by atoms with E-state index in [1.807, 2.05) is 70.1 Å². The summed E-state index contributed by atoms with van der Waals surface area (Å²) in [6.07, 6.45) is 3.34. The van der Waals surface area contributed by atoms with Gasteiger partial charge in [-0.15, -0.1) is 0 Å². The molecule has 1 heterocycles. The number of allylic oxidation sites excluding steroid dienone is 1. The first-order valence-electron chi connectivity index (χ1n) is 9.14. The van der Waals surface area contributed by atoms with E-state index in [0.717, 1.165) is 50.4 Å². The predicted molar refractivity (Wildman–Crippen MR) is 115 cm³/mol. The van der Waals surface area contributed by atoms with Crippen molar-refractivity contribution in [1.29, 1.82) is 0 Å². The van der Waals surface area contributed by atoms with E-state index in [2.05, 4.69) is 5.32 Å². The Morgan fingerprint density at radius 3 is 2.46 bits per heavy atom. The zero-order valence-electron chi connectivity index (χ0n) is 17.2. The number of nitrogens with zero attached hydrogens (tertiary/aromatic N) is 1. The van der Waals surface area contributed by atoms with Crippen molar-refractivity contribution in [2.24, 2.45) is 0 Å². The first kappa shape index (κ1) is 19.5. The van der Waals surface area contributed by atoms with E-state index in [1.165, 1.54) is 0 Å². The van der Waals surface area contributed by atoms with Gasteiger partial charge >= 0.3 is 0 Å². The monoisotopic (exact) mass is 378 g/mol. The van der Waals surface area contributed by atoms with Gasteiger partial charge in [0.1, 0.15) is 11.3 Å². The molecule has 0 fully saturated rings. The normalized spacial score (nSPS) is 11.6. The summed E-state index contributed by atoms with van der Waals surface area (Å²) in [6, 6.07) is 9.73. The lowest BCUT2D eigenvalue weighted by atomic mass is 9.98. The van der Waals surface area contributed by atoms with Crippen molar-refractivity contribution in [2.45, 2.75) is 20.8 Å². The van der Waals surface area contributed by atoms with Crippen molar-refractivity contribution in [1.82, 2.24) is 0 Å². The van der Waals surface area contributed by atoms with Gasteiger partial charge < -0.3 is 19.4 Å². The molecule has 0 bridgehead atoms. The molecular formula is C23H26N2O3. The molecule has 3 rings (SSSR count). The Bertz CT molecular complexity index is 1040. The lowest BCUT2D eigenvalue weighted by Gasteiger charge is -2.14. The van der Waals surface area contributed by atoms with Crippen LogP contribution in [-0.4, -0.2) is 27.1 Å². The van der Waals surface area contributed by atoms with Crippen molar-refractivity contribution < 1.29 is 13.9 Å². The van der Waals surface area contributed by atoms with Crippen LogP contribution < -0.4 is 15.0 Å². The summed E-state index contributed by atoms with van der Waals surface area (Å²) in [5, 5.41) is 3.94. The third-order valence-corrected chi connectivity index (χ3v) is 4.87.